The van der Waals surface area contributed by atoms with E-state index in [1.807, 2.05) is 24.0 Å². The SMILES string of the molecule is Cc1cnn(CCn2cc(Cl)c(N)n2)c1. The van der Waals surface area contributed by atoms with Crippen LogP contribution in [-0.4, -0.2) is 19.6 Å². The number of rotatable bonds is 3. The van der Waals surface area contributed by atoms with E-state index in [1.54, 1.807) is 10.9 Å². The zero-order chi connectivity index (χ0) is 10.8. The van der Waals surface area contributed by atoms with Gasteiger partial charge in [-0.05, 0) is 12.5 Å². The Kier molecular flexibility index (Phi) is 2.64. The number of halogens is 1. The van der Waals surface area contributed by atoms with Crippen LogP contribution in [-0.2, 0) is 13.1 Å². The number of hydrogen-bond acceptors (Lipinski definition) is 3. The fourth-order valence-electron chi connectivity index (χ4n) is 1.32. The quantitative estimate of drug-likeness (QED) is 0.857. The predicted molar refractivity (Wildman–Crippen MR) is 58.6 cm³/mol. The van der Waals surface area contributed by atoms with Crippen molar-refractivity contribution < 1.29 is 0 Å². The Labute approximate surface area is 92.4 Å². The summed E-state index contributed by atoms with van der Waals surface area (Å²) in [7, 11) is 0. The molecule has 2 aromatic heterocycles. The lowest BCUT2D eigenvalue weighted by Crippen LogP contribution is -2.08. The van der Waals surface area contributed by atoms with Crippen molar-refractivity contribution in [2.75, 3.05) is 5.73 Å². The molecule has 0 aliphatic heterocycles. The Morgan fingerprint density at radius 1 is 1.33 bits per heavy atom. The standard InChI is InChI=1S/C9H12ClN5/c1-7-4-12-14(5-7)2-3-15-6-8(10)9(11)13-15/h4-6H,2-3H2,1H3,(H2,11,13). The van der Waals surface area contributed by atoms with Crippen LogP contribution in [0.3, 0.4) is 0 Å². The zero-order valence-corrected chi connectivity index (χ0v) is 9.15. The highest BCUT2D eigenvalue weighted by molar-refractivity contribution is 6.32. The van der Waals surface area contributed by atoms with Crippen LogP contribution in [0.5, 0.6) is 0 Å². The van der Waals surface area contributed by atoms with Gasteiger partial charge in [-0.2, -0.15) is 10.2 Å². The normalized spacial score (nSPS) is 10.8. The second-order valence-corrected chi connectivity index (χ2v) is 3.81. The molecule has 0 atom stereocenters. The molecule has 0 unspecified atom stereocenters. The van der Waals surface area contributed by atoms with Crippen molar-refractivity contribution in [2.24, 2.45) is 0 Å². The lowest BCUT2D eigenvalue weighted by molar-refractivity contribution is 0.501. The molecule has 0 saturated heterocycles. The van der Waals surface area contributed by atoms with Crippen LogP contribution in [0.4, 0.5) is 5.82 Å². The van der Waals surface area contributed by atoms with E-state index in [9.17, 15) is 0 Å². The molecule has 2 aromatic rings. The maximum Gasteiger partial charge on any atom is 0.164 e. The van der Waals surface area contributed by atoms with Gasteiger partial charge in [0.2, 0.25) is 0 Å². The van der Waals surface area contributed by atoms with Crippen molar-refractivity contribution >= 4 is 17.4 Å². The first-order chi connectivity index (χ1) is 7.15. The fraction of sp³-hybridized carbons (Fsp3) is 0.333. The van der Waals surface area contributed by atoms with Gasteiger partial charge in [0.15, 0.2) is 5.82 Å². The van der Waals surface area contributed by atoms with Crippen LogP contribution in [0.25, 0.3) is 0 Å². The minimum Gasteiger partial charge on any atom is -0.381 e. The molecule has 0 aromatic carbocycles. The molecule has 15 heavy (non-hydrogen) atoms. The van der Waals surface area contributed by atoms with Crippen LogP contribution < -0.4 is 5.73 Å². The Morgan fingerprint density at radius 3 is 2.60 bits per heavy atom. The van der Waals surface area contributed by atoms with E-state index in [2.05, 4.69) is 10.2 Å². The van der Waals surface area contributed by atoms with Crippen molar-refractivity contribution in [3.63, 3.8) is 0 Å². The lowest BCUT2D eigenvalue weighted by atomic mass is 10.4. The number of nitrogen functional groups attached to an aromatic ring is 1. The molecular formula is C9H12ClN5. The van der Waals surface area contributed by atoms with Gasteiger partial charge in [-0.1, -0.05) is 11.6 Å². The van der Waals surface area contributed by atoms with E-state index in [-0.39, 0.29) is 0 Å². The van der Waals surface area contributed by atoms with E-state index < -0.39 is 0 Å². The van der Waals surface area contributed by atoms with Gasteiger partial charge < -0.3 is 5.73 Å². The first-order valence-electron chi connectivity index (χ1n) is 4.62. The van der Waals surface area contributed by atoms with Gasteiger partial charge in [-0.25, -0.2) is 0 Å². The largest absolute Gasteiger partial charge is 0.381 e. The molecular weight excluding hydrogens is 214 g/mol. The summed E-state index contributed by atoms with van der Waals surface area (Å²) >= 11 is 5.78. The van der Waals surface area contributed by atoms with Crippen molar-refractivity contribution in [1.82, 2.24) is 19.6 Å². The van der Waals surface area contributed by atoms with Crippen LogP contribution in [0, 0.1) is 6.92 Å². The monoisotopic (exact) mass is 225 g/mol. The predicted octanol–water partition coefficient (Wildman–Crippen LogP) is 1.32. The molecule has 2 heterocycles. The topological polar surface area (TPSA) is 61.7 Å². The summed E-state index contributed by atoms with van der Waals surface area (Å²) in [5, 5.41) is 8.72. The molecule has 5 nitrogen and oxygen atoms in total. The van der Waals surface area contributed by atoms with Crippen molar-refractivity contribution in [3.8, 4) is 0 Å². The van der Waals surface area contributed by atoms with E-state index in [4.69, 9.17) is 17.3 Å². The highest BCUT2D eigenvalue weighted by Gasteiger charge is 2.02. The Hall–Kier alpha value is -1.49. The van der Waals surface area contributed by atoms with Gasteiger partial charge in [0.25, 0.3) is 0 Å². The smallest absolute Gasteiger partial charge is 0.164 e. The second kappa shape index (κ2) is 3.94. The molecule has 0 fully saturated rings. The van der Waals surface area contributed by atoms with Crippen molar-refractivity contribution in [1.29, 1.82) is 0 Å². The summed E-state index contributed by atoms with van der Waals surface area (Å²) in [6.07, 6.45) is 5.52. The molecule has 0 bridgehead atoms. The Balaban J connectivity index is 1.99. The summed E-state index contributed by atoms with van der Waals surface area (Å²) < 4.78 is 3.58. The van der Waals surface area contributed by atoms with E-state index in [1.165, 1.54) is 0 Å². The number of anilines is 1. The zero-order valence-electron chi connectivity index (χ0n) is 8.39. The maximum absolute atomic E-state index is 5.78. The summed E-state index contributed by atoms with van der Waals surface area (Å²) in [5.74, 6) is 0.369. The molecule has 6 heteroatoms. The molecule has 0 aliphatic rings. The van der Waals surface area contributed by atoms with Gasteiger partial charge in [0, 0.05) is 12.4 Å². The number of nitrogens with zero attached hydrogens (tertiary/aromatic N) is 4. The average molecular weight is 226 g/mol. The number of nitrogens with two attached hydrogens (primary N) is 1. The summed E-state index contributed by atoms with van der Waals surface area (Å²) in [6, 6.07) is 0. The first-order valence-corrected chi connectivity index (χ1v) is 5.00. The van der Waals surface area contributed by atoms with Gasteiger partial charge in [-0.3, -0.25) is 9.36 Å². The number of aryl methyl sites for hydroxylation is 3. The molecule has 80 valence electrons. The third-order valence-corrected chi connectivity index (χ3v) is 2.35. The first kappa shape index (κ1) is 10.0. The summed E-state index contributed by atoms with van der Waals surface area (Å²) in [6.45, 7) is 3.47. The highest BCUT2D eigenvalue weighted by Crippen LogP contribution is 2.14. The maximum atomic E-state index is 5.78. The number of hydrogen-bond donors (Lipinski definition) is 1. The van der Waals surface area contributed by atoms with Crippen LogP contribution in [0.2, 0.25) is 5.02 Å². The summed E-state index contributed by atoms with van der Waals surface area (Å²) in [5.41, 5.74) is 6.67. The van der Waals surface area contributed by atoms with Crippen molar-refractivity contribution in [3.05, 3.63) is 29.2 Å². The van der Waals surface area contributed by atoms with Gasteiger partial charge in [0.05, 0.1) is 19.3 Å². The van der Waals surface area contributed by atoms with Crippen LogP contribution >= 0.6 is 11.6 Å². The second-order valence-electron chi connectivity index (χ2n) is 3.41. The highest BCUT2D eigenvalue weighted by atomic mass is 35.5. The Morgan fingerprint density at radius 2 is 2.07 bits per heavy atom. The molecule has 2 rings (SSSR count). The third kappa shape index (κ3) is 2.30. The lowest BCUT2D eigenvalue weighted by Gasteiger charge is -2.01. The molecule has 0 saturated carbocycles. The van der Waals surface area contributed by atoms with Gasteiger partial charge in [-0.15, -0.1) is 0 Å². The minimum atomic E-state index is 0.369. The fourth-order valence-corrected chi connectivity index (χ4v) is 1.47. The Bertz CT molecular complexity index is 439. The molecule has 2 N–H and O–H groups in total. The number of aromatic nitrogens is 4. The van der Waals surface area contributed by atoms with E-state index in [0.29, 0.717) is 17.4 Å². The third-order valence-electron chi connectivity index (χ3n) is 2.06. The van der Waals surface area contributed by atoms with E-state index in [0.717, 1.165) is 12.1 Å². The molecule has 0 amide bonds. The molecule has 0 spiro atoms. The van der Waals surface area contributed by atoms with Gasteiger partial charge in [0.1, 0.15) is 5.02 Å². The summed E-state index contributed by atoms with van der Waals surface area (Å²) in [4.78, 5) is 0. The van der Waals surface area contributed by atoms with Gasteiger partial charge >= 0.3 is 0 Å². The minimum absolute atomic E-state index is 0.369. The molecule has 0 aliphatic carbocycles. The average Bonchev–Trinajstić information content (AvgIpc) is 2.72. The van der Waals surface area contributed by atoms with Crippen LogP contribution in [0.1, 0.15) is 5.56 Å². The van der Waals surface area contributed by atoms with E-state index >= 15 is 0 Å². The van der Waals surface area contributed by atoms with Crippen LogP contribution in [0.15, 0.2) is 18.6 Å². The molecule has 0 radical (unpaired) electrons. The van der Waals surface area contributed by atoms with Crippen molar-refractivity contribution in [2.45, 2.75) is 20.0 Å².